The van der Waals surface area contributed by atoms with E-state index in [-0.39, 0.29) is 5.91 Å². The third kappa shape index (κ3) is 3.77. The molecule has 0 aliphatic carbocycles. The molecule has 1 aromatic carbocycles. The Hall–Kier alpha value is -3.09. The number of rotatable bonds is 4. The van der Waals surface area contributed by atoms with Crippen LogP contribution in [0, 0.1) is 19.8 Å². The van der Waals surface area contributed by atoms with Gasteiger partial charge in [0.05, 0.1) is 5.69 Å². The first-order valence-electron chi connectivity index (χ1n) is 10.1. The fourth-order valence-electron chi connectivity index (χ4n) is 4.03. The third-order valence-electron chi connectivity index (χ3n) is 5.73. The largest absolute Gasteiger partial charge is 0.371 e. The number of imidazole rings is 1. The zero-order chi connectivity index (χ0) is 20.5. The maximum atomic E-state index is 13.2. The average Bonchev–Trinajstić information content (AvgIpc) is 3.24. The highest BCUT2D eigenvalue weighted by Gasteiger charge is 2.23. The SMILES string of the molecule is Cc1nn(C)c(-n2ccnc2C)c1C(=O)Nc1cccc(N2CCC(C)CC2)c1. The molecular formula is C22H28N6O. The number of piperidine rings is 1. The first-order valence-corrected chi connectivity index (χ1v) is 10.1. The van der Waals surface area contributed by atoms with E-state index in [9.17, 15) is 4.79 Å². The van der Waals surface area contributed by atoms with Crippen LogP contribution in [0.4, 0.5) is 11.4 Å². The van der Waals surface area contributed by atoms with Crippen molar-refractivity contribution in [2.45, 2.75) is 33.6 Å². The van der Waals surface area contributed by atoms with Crippen molar-refractivity contribution in [3.05, 3.63) is 53.7 Å². The molecule has 0 spiro atoms. The quantitative estimate of drug-likeness (QED) is 0.735. The summed E-state index contributed by atoms with van der Waals surface area (Å²) in [6, 6.07) is 8.10. The van der Waals surface area contributed by atoms with E-state index in [0.29, 0.717) is 11.3 Å². The topological polar surface area (TPSA) is 68.0 Å². The number of carbonyl (C=O) groups excluding carboxylic acids is 1. The molecule has 0 bridgehead atoms. The monoisotopic (exact) mass is 392 g/mol. The Labute approximate surface area is 171 Å². The molecule has 2 aromatic heterocycles. The minimum atomic E-state index is -0.164. The summed E-state index contributed by atoms with van der Waals surface area (Å²) in [5, 5.41) is 7.54. The fourth-order valence-corrected chi connectivity index (χ4v) is 4.03. The summed E-state index contributed by atoms with van der Waals surface area (Å²) in [7, 11) is 1.84. The molecule has 1 saturated heterocycles. The molecule has 3 heterocycles. The minimum Gasteiger partial charge on any atom is -0.371 e. The summed E-state index contributed by atoms with van der Waals surface area (Å²) in [5.41, 5.74) is 3.20. The van der Waals surface area contributed by atoms with Crippen LogP contribution >= 0.6 is 0 Å². The first kappa shape index (κ1) is 19.2. The molecule has 3 aromatic rings. The molecule has 1 fully saturated rings. The third-order valence-corrected chi connectivity index (χ3v) is 5.73. The lowest BCUT2D eigenvalue weighted by Crippen LogP contribution is -2.32. The van der Waals surface area contributed by atoms with Gasteiger partial charge in [-0.15, -0.1) is 0 Å². The van der Waals surface area contributed by atoms with Gasteiger partial charge in [0.2, 0.25) is 0 Å². The second kappa shape index (κ2) is 7.73. The van der Waals surface area contributed by atoms with Gasteiger partial charge >= 0.3 is 0 Å². The van der Waals surface area contributed by atoms with Crippen molar-refractivity contribution < 1.29 is 4.79 Å². The van der Waals surface area contributed by atoms with E-state index in [2.05, 4.69) is 39.4 Å². The van der Waals surface area contributed by atoms with Crippen molar-refractivity contribution in [3.63, 3.8) is 0 Å². The van der Waals surface area contributed by atoms with Gasteiger partial charge in [-0.05, 0) is 50.8 Å². The highest BCUT2D eigenvalue weighted by Crippen LogP contribution is 2.26. The second-order valence-electron chi connectivity index (χ2n) is 7.93. The van der Waals surface area contributed by atoms with Crippen molar-refractivity contribution in [3.8, 4) is 5.82 Å². The van der Waals surface area contributed by atoms with Crippen LogP contribution in [0.1, 0.15) is 41.6 Å². The summed E-state index contributed by atoms with van der Waals surface area (Å²) in [5.74, 6) is 2.15. The Morgan fingerprint density at radius 2 is 1.97 bits per heavy atom. The van der Waals surface area contributed by atoms with Crippen LogP contribution < -0.4 is 10.2 Å². The van der Waals surface area contributed by atoms with Gasteiger partial charge in [0.1, 0.15) is 17.2 Å². The van der Waals surface area contributed by atoms with Gasteiger partial charge in [-0.25, -0.2) is 4.98 Å². The molecule has 29 heavy (non-hydrogen) atoms. The van der Waals surface area contributed by atoms with Crippen LogP contribution in [0.25, 0.3) is 5.82 Å². The molecule has 1 N–H and O–H groups in total. The van der Waals surface area contributed by atoms with Gasteiger partial charge in [0.25, 0.3) is 5.91 Å². The molecule has 7 heteroatoms. The number of aryl methyl sites for hydroxylation is 3. The fraction of sp³-hybridized carbons (Fsp3) is 0.409. The number of anilines is 2. The molecular weight excluding hydrogens is 364 g/mol. The highest BCUT2D eigenvalue weighted by atomic mass is 16.1. The van der Waals surface area contributed by atoms with Crippen LogP contribution in [-0.4, -0.2) is 38.3 Å². The zero-order valence-corrected chi connectivity index (χ0v) is 17.5. The van der Waals surface area contributed by atoms with Crippen LogP contribution in [0.2, 0.25) is 0 Å². The molecule has 0 radical (unpaired) electrons. The van der Waals surface area contributed by atoms with Crippen molar-refractivity contribution in [2.24, 2.45) is 13.0 Å². The van der Waals surface area contributed by atoms with E-state index in [1.165, 1.54) is 12.8 Å². The van der Waals surface area contributed by atoms with Gasteiger partial charge < -0.3 is 10.2 Å². The number of aromatic nitrogens is 4. The minimum absolute atomic E-state index is 0.164. The van der Waals surface area contributed by atoms with Crippen LogP contribution in [0.15, 0.2) is 36.7 Å². The number of nitrogens with one attached hydrogen (secondary N) is 1. The molecule has 4 rings (SSSR count). The van der Waals surface area contributed by atoms with Gasteiger partial charge in [0, 0.05) is 43.9 Å². The normalized spacial score (nSPS) is 15.0. The molecule has 1 amide bonds. The maximum Gasteiger partial charge on any atom is 0.261 e. The van der Waals surface area contributed by atoms with E-state index in [1.807, 2.05) is 43.8 Å². The molecule has 0 atom stereocenters. The summed E-state index contributed by atoms with van der Waals surface area (Å²) in [4.78, 5) is 19.9. The number of nitrogens with zero attached hydrogens (tertiary/aromatic N) is 5. The molecule has 1 aliphatic rings. The van der Waals surface area contributed by atoms with Crippen LogP contribution in [0.5, 0.6) is 0 Å². The summed E-state index contributed by atoms with van der Waals surface area (Å²) >= 11 is 0. The molecule has 1 aliphatic heterocycles. The van der Waals surface area contributed by atoms with Gasteiger partial charge in [0.15, 0.2) is 0 Å². The Morgan fingerprint density at radius 1 is 1.21 bits per heavy atom. The van der Waals surface area contributed by atoms with Crippen molar-refractivity contribution in [1.29, 1.82) is 0 Å². The van der Waals surface area contributed by atoms with Gasteiger partial charge in [-0.3, -0.25) is 14.0 Å². The molecule has 0 saturated carbocycles. The van der Waals surface area contributed by atoms with Crippen LogP contribution in [-0.2, 0) is 7.05 Å². The van der Waals surface area contributed by atoms with E-state index in [1.54, 1.807) is 10.9 Å². The lowest BCUT2D eigenvalue weighted by Gasteiger charge is -2.32. The smallest absolute Gasteiger partial charge is 0.261 e. The average molecular weight is 393 g/mol. The number of hydrogen-bond donors (Lipinski definition) is 1. The van der Waals surface area contributed by atoms with E-state index in [0.717, 1.165) is 42.0 Å². The summed E-state index contributed by atoms with van der Waals surface area (Å²) < 4.78 is 3.62. The Bertz CT molecular complexity index is 1030. The van der Waals surface area contributed by atoms with Crippen molar-refractivity contribution >= 4 is 17.3 Å². The first-order chi connectivity index (χ1) is 13.9. The number of carbonyl (C=O) groups is 1. The highest BCUT2D eigenvalue weighted by molar-refractivity contribution is 6.07. The van der Waals surface area contributed by atoms with Gasteiger partial charge in [-0.2, -0.15) is 5.10 Å². The Kier molecular flexibility index (Phi) is 5.13. The Morgan fingerprint density at radius 3 is 2.66 bits per heavy atom. The molecule has 7 nitrogen and oxygen atoms in total. The lowest BCUT2D eigenvalue weighted by molar-refractivity contribution is 0.102. The van der Waals surface area contributed by atoms with Crippen molar-refractivity contribution in [2.75, 3.05) is 23.3 Å². The Balaban J connectivity index is 1.60. The zero-order valence-electron chi connectivity index (χ0n) is 17.5. The second-order valence-corrected chi connectivity index (χ2v) is 7.93. The number of hydrogen-bond acceptors (Lipinski definition) is 4. The van der Waals surface area contributed by atoms with E-state index >= 15 is 0 Å². The standard InChI is InChI=1S/C22H28N6O/c1-15-8-11-27(12-9-15)19-7-5-6-18(14-19)24-21(29)20-16(2)25-26(4)22(20)28-13-10-23-17(28)3/h5-7,10,13-15H,8-9,11-12H2,1-4H3,(H,24,29). The van der Waals surface area contributed by atoms with E-state index in [4.69, 9.17) is 0 Å². The number of amides is 1. The molecule has 152 valence electrons. The predicted molar refractivity (Wildman–Crippen MR) is 115 cm³/mol. The number of benzene rings is 1. The maximum absolute atomic E-state index is 13.2. The molecule has 0 unspecified atom stereocenters. The van der Waals surface area contributed by atoms with E-state index < -0.39 is 0 Å². The summed E-state index contributed by atoms with van der Waals surface area (Å²) in [6.45, 7) is 8.20. The van der Waals surface area contributed by atoms with Crippen molar-refractivity contribution in [1.82, 2.24) is 19.3 Å². The van der Waals surface area contributed by atoms with Crippen LogP contribution in [0.3, 0.4) is 0 Å². The summed E-state index contributed by atoms with van der Waals surface area (Å²) in [6.07, 6.45) is 5.99. The predicted octanol–water partition coefficient (Wildman–Crippen LogP) is 3.71. The lowest BCUT2D eigenvalue weighted by atomic mass is 9.99. The van der Waals surface area contributed by atoms with Gasteiger partial charge in [-0.1, -0.05) is 13.0 Å².